The van der Waals surface area contributed by atoms with E-state index in [4.69, 9.17) is 15.9 Å². The zero-order valence-corrected chi connectivity index (χ0v) is 12.8. The Labute approximate surface area is 130 Å². The Morgan fingerprint density at radius 2 is 2.05 bits per heavy atom. The second kappa shape index (κ2) is 7.51. The molecule has 0 saturated carbocycles. The van der Waals surface area contributed by atoms with Crippen molar-refractivity contribution in [2.45, 2.75) is 26.0 Å². The predicted molar refractivity (Wildman–Crippen MR) is 87.2 cm³/mol. The summed E-state index contributed by atoms with van der Waals surface area (Å²) in [6.07, 6.45) is 0.575. The first kappa shape index (κ1) is 15.9. The van der Waals surface area contributed by atoms with Crippen molar-refractivity contribution in [3.8, 4) is 5.75 Å². The Balaban J connectivity index is 2.08. The van der Waals surface area contributed by atoms with Crippen molar-refractivity contribution in [1.29, 1.82) is 5.41 Å². The summed E-state index contributed by atoms with van der Waals surface area (Å²) < 4.78 is 5.62. The number of aromatic nitrogens is 2. The number of nitrogen functional groups attached to an aromatic ring is 1. The summed E-state index contributed by atoms with van der Waals surface area (Å²) in [5.74, 6) is 1.56. The number of rotatable bonds is 7. The highest BCUT2D eigenvalue weighted by molar-refractivity contribution is 5.97. The molecule has 116 valence electrons. The molecule has 0 unspecified atom stereocenters. The van der Waals surface area contributed by atoms with Crippen molar-refractivity contribution >= 4 is 11.5 Å². The lowest BCUT2D eigenvalue weighted by molar-refractivity contribution is 0.296. The van der Waals surface area contributed by atoms with Crippen LogP contribution >= 0.6 is 0 Å². The molecule has 0 fully saturated rings. The molecule has 1 atom stereocenters. The van der Waals surface area contributed by atoms with E-state index in [0.717, 1.165) is 5.75 Å². The lowest BCUT2D eigenvalue weighted by atomic mass is 10.1. The van der Waals surface area contributed by atoms with E-state index in [-0.39, 0.29) is 12.6 Å². The maximum Gasteiger partial charge on any atom is 0.168 e. The van der Waals surface area contributed by atoms with Crippen LogP contribution in [0.2, 0.25) is 0 Å². The quantitative estimate of drug-likeness (QED) is 0.679. The topological polar surface area (TPSA) is 96.9 Å². The fraction of sp³-hybridized carbons (Fsp3) is 0.312. The van der Waals surface area contributed by atoms with Gasteiger partial charge in [-0.25, -0.2) is 9.97 Å². The normalized spacial score (nSPS) is 11.9. The van der Waals surface area contributed by atoms with Crippen molar-refractivity contribution in [3.05, 3.63) is 47.9 Å². The Hall–Kier alpha value is -2.47. The van der Waals surface area contributed by atoms with Gasteiger partial charge in [-0.05, 0) is 26.1 Å². The van der Waals surface area contributed by atoms with Crippen LogP contribution in [0, 0.1) is 5.41 Å². The molecule has 2 rings (SSSR count). The van der Waals surface area contributed by atoms with Gasteiger partial charge in [0.2, 0.25) is 0 Å². The van der Waals surface area contributed by atoms with Crippen LogP contribution in [0.25, 0.3) is 0 Å². The second-order valence-corrected chi connectivity index (χ2v) is 5.07. The summed E-state index contributed by atoms with van der Waals surface area (Å²) >= 11 is 0. The summed E-state index contributed by atoms with van der Waals surface area (Å²) in [6, 6.07) is 11.3. The third-order valence-corrected chi connectivity index (χ3v) is 3.22. The Bertz CT molecular complexity index is 630. The fourth-order valence-electron chi connectivity index (χ4n) is 1.91. The molecule has 0 amide bonds. The monoisotopic (exact) mass is 299 g/mol. The van der Waals surface area contributed by atoms with Gasteiger partial charge in [0, 0.05) is 18.5 Å². The molecule has 0 saturated heterocycles. The van der Waals surface area contributed by atoms with Crippen LogP contribution in [0.5, 0.6) is 5.75 Å². The molecular weight excluding hydrogens is 278 g/mol. The van der Waals surface area contributed by atoms with E-state index >= 15 is 0 Å². The fourth-order valence-corrected chi connectivity index (χ4v) is 1.91. The minimum absolute atomic E-state index is 0.202. The first-order valence-corrected chi connectivity index (χ1v) is 7.15. The second-order valence-electron chi connectivity index (χ2n) is 5.07. The van der Waals surface area contributed by atoms with Crippen LogP contribution in [-0.4, -0.2) is 28.8 Å². The third kappa shape index (κ3) is 4.53. The van der Waals surface area contributed by atoms with Gasteiger partial charge in [-0.15, -0.1) is 0 Å². The van der Waals surface area contributed by atoms with E-state index in [2.05, 4.69) is 15.3 Å². The molecular formula is C16H21N5O. The zero-order valence-electron chi connectivity index (χ0n) is 12.8. The SMILES string of the molecule is CN[C@H](C)CC(=N)c1cc(N)nc(COc2ccccc2)n1. The zero-order chi connectivity index (χ0) is 15.9. The molecule has 1 aromatic carbocycles. The van der Waals surface area contributed by atoms with Crippen LogP contribution < -0.4 is 15.8 Å². The van der Waals surface area contributed by atoms with E-state index in [9.17, 15) is 0 Å². The van der Waals surface area contributed by atoms with E-state index < -0.39 is 0 Å². The van der Waals surface area contributed by atoms with Crippen molar-refractivity contribution in [2.75, 3.05) is 12.8 Å². The van der Waals surface area contributed by atoms with Gasteiger partial charge in [0.25, 0.3) is 0 Å². The largest absolute Gasteiger partial charge is 0.486 e. The third-order valence-electron chi connectivity index (χ3n) is 3.22. The van der Waals surface area contributed by atoms with E-state index in [0.29, 0.717) is 29.5 Å². The van der Waals surface area contributed by atoms with Gasteiger partial charge in [0.05, 0.1) is 11.4 Å². The van der Waals surface area contributed by atoms with Gasteiger partial charge in [-0.3, -0.25) is 0 Å². The summed E-state index contributed by atoms with van der Waals surface area (Å²) in [5.41, 5.74) is 6.78. The lowest BCUT2D eigenvalue weighted by Gasteiger charge is -2.12. The van der Waals surface area contributed by atoms with E-state index in [1.54, 1.807) is 6.07 Å². The van der Waals surface area contributed by atoms with Crippen molar-refractivity contribution in [2.24, 2.45) is 0 Å². The predicted octanol–water partition coefficient (Wildman–Crippen LogP) is 2.00. The highest BCUT2D eigenvalue weighted by atomic mass is 16.5. The average molecular weight is 299 g/mol. The first-order valence-electron chi connectivity index (χ1n) is 7.15. The van der Waals surface area contributed by atoms with E-state index in [1.807, 2.05) is 44.3 Å². The number of benzene rings is 1. The number of nitrogens with one attached hydrogen (secondary N) is 2. The van der Waals surface area contributed by atoms with Gasteiger partial charge < -0.3 is 21.2 Å². The van der Waals surface area contributed by atoms with Crippen LogP contribution in [0.3, 0.4) is 0 Å². The highest BCUT2D eigenvalue weighted by Gasteiger charge is 2.11. The van der Waals surface area contributed by atoms with Crippen LogP contribution in [0.15, 0.2) is 36.4 Å². The molecule has 6 heteroatoms. The maximum atomic E-state index is 8.13. The van der Waals surface area contributed by atoms with Gasteiger partial charge in [-0.1, -0.05) is 18.2 Å². The summed E-state index contributed by atoms with van der Waals surface area (Å²) in [5, 5.41) is 11.2. The lowest BCUT2D eigenvalue weighted by Crippen LogP contribution is -2.25. The number of para-hydroxylation sites is 1. The van der Waals surface area contributed by atoms with E-state index in [1.165, 1.54) is 0 Å². The molecule has 22 heavy (non-hydrogen) atoms. The van der Waals surface area contributed by atoms with Crippen LogP contribution in [0.4, 0.5) is 5.82 Å². The molecule has 0 aliphatic heterocycles. The van der Waals surface area contributed by atoms with Gasteiger partial charge in [0.1, 0.15) is 18.2 Å². The Morgan fingerprint density at radius 3 is 2.73 bits per heavy atom. The van der Waals surface area contributed by atoms with Crippen molar-refractivity contribution in [1.82, 2.24) is 15.3 Å². The molecule has 4 N–H and O–H groups in total. The molecule has 6 nitrogen and oxygen atoms in total. The molecule has 0 bridgehead atoms. The van der Waals surface area contributed by atoms with Crippen LogP contribution in [0.1, 0.15) is 24.9 Å². The standard InChI is InChI=1S/C16H21N5O/c1-11(19-2)8-13(17)14-9-15(18)21-16(20-14)10-22-12-6-4-3-5-7-12/h3-7,9,11,17,19H,8,10H2,1-2H3,(H2,18,20,21)/t11-/m1/s1. The van der Waals surface area contributed by atoms with Crippen molar-refractivity contribution in [3.63, 3.8) is 0 Å². The minimum atomic E-state index is 0.202. The van der Waals surface area contributed by atoms with Crippen LogP contribution in [-0.2, 0) is 6.61 Å². The molecule has 0 aliphatic rings. The summed E-state index contributed by atoms with van der Waals surface area (Å²) in [4.78, 5) is 8.53. The molecule has 0 aliphatic carbocycles. The Kier molecular flexibility index (Phi) is 5.43. The number of nitrogens with two attached hydrogens (primary N) is 1. The van der Waals surface area contributed by atoms with Gasteiger partial charge >= 0.3 is 0 Å². The Morgan fingerprint density at radius 1 is 1.32 bits per heavy atom. The number of nitrogens with zero attached hydrogens (tertiary/aromatic N) is 2. The molecule has 0 spiro atoms. The number of anilines is 1. The molecule has 1 heterocycles. The summed E-state index contributed by atoms with van der Waals surface area (Å²) in [7, 11) is 1.87. The number of hydrogen-bond acceptors (Lipinski definition) is 6. The first-order chi connectivity index (χ1) is 10.6. The smallest absolute Gasteiger partial charge is 0.168 e. The van der Waals surface area contributed by atoms with Gasteiger partial charge in [0.15, 0.2) is 5.82 Å². The average Bonchev–Trinajstić information content (AvgIpc) is 2.53. The molecule has 0 radical (unpaired) electrons. The summed E-state index contributed by atoms with van der Waals surface area (Å²) in [6.45, 7) is 2.23. The molecule has 1 aromatic heterocycles. The number of hydrogen-bond donors (Lipinski definition) is 3. The minimum Gasteiger partial charge on any atom is -0.486 e. The van der Waals surface area contributed by atoms with Crippen molar-refractivity contribution < 1.29 is 4.74 Å². The molecule has 2 aromatic rings. The highest BCUT2D eigenvalue weighted by Crippen LogP contribution is 2.12. The number of ether oxygens (including phenoxy) is 1. The van der Waals surface area contributed by atoms with Gasteiger partial charge in [-0.2, -0.15) is 0 Å². The maximum absolute atomic E-state index is 8.13.